The summed E-state index contributed by atoms with van der Waals surface area (Å²) in [5.74, 6) is 2.41. The van der Waals surface area contributed by atoms with Crippen LogP contribution in [-0.2, 0) is 6.42 Å². The molecule has 0 aliphatic carbocycles. The molecule has 0 spiro atoms. The molecule has 0 atom stereocenters. The molecule has 0 amide bonds. The Kier molecular flexibility index (Phi) is 6.48. The van der Waals surface area contributed by atoms with Crippen molar-refractivity contribution in [2.24, 2.45) is 0 Å². The van der Waals surface area contributed by atoms with Gasteiger partial charge in [-0.3, -0.25) is 0 Å². The average molecular weight is 300 g/mol. The SMILES string of the molecule is CCCCNc1ccnc(NCCc2cccc(OC)c2)n1. The highest BCUT2D eigenvalue weighted by molar-refractivity contribution is 5.39. The normalized spacial score (nSPS) is 10.3. The first-order valence-corrected chi connectivity index (χ1v) is 7.75. The third-order valence-corrected chi connectivity index (χ3v) is 3.32. The van der Waals surface area contributed by atoms with Gasteiger partial charge in [0.2, 0.25) is 5.95 Å². The van der Waals surface area contributed by atoms with E-state index in [-0.39, 0.29) is 0 Å². The van der Waals surface area contributed by atoms with Gasteiger partial charge in [0.05, 0.1) is 7.11 Å². The molecule has 5 nitrogen and oxygen atoms in total. The highest BCUT2D eigenvalue weighted by Crippen LogP contribution is 2.13. The summed E-state index contributed by atoms with van der Waals surface area (Å²) >= 11 is 0. The lowest BCUT2D eigenvalue weighted by Crippen LogP contribution is -2.10. The number of unbranched alkanes of at least 4 members (excludes halogenated alkanes) is 1. The molecule has 0 saturated heterocycles. The number of benzene rings is 1. The van der Waals surface area contributed by atoms with Gasteiger partial charge in [-0.05, 0) is 36.6 Å². The van der Waals surface area contributed by atoms with E-state index in [4.69, 9.17) is 4.74 Å². The van der Waals surface area contributed by atoms with Gasteiger partial charge in [-0.15, -0.1) is 0 Å². The van der Waals surface area contributed by atoms with Crippen molar-refractivity contribution in [3.05, 3.63) is 42.1 Å². The quantitative estimate of drug-likeness (QED) is 0.695. The van der Waals surface area contributed by atoms with Crippen LogP contribution in [0.1, 0.15) is 25.3 Å². The molecule has 0 fully saturated rings. The van der Waals surface area contributed by atoms with Crippen LogP contribution in [0.25, 0.3) is 0 Å². The van der Waals surface area contributed by atoms with E-state index in [1.807, 2.05) is 24.3 Å². The maximum atomic E-state index is 5.23. The molecular formula is C17H24N4O. The Bertz CT molecular complexity index is 574. The lowest BCUT2D eigenvalue weighted by molar-refractivity contribution is 0.414. The van der Waals surface area contributed by atoms with Gasteiger partial charge in [-0.25, -0.2) is 4.98 Å². The summed E-state index contributed by atoms with van der Waals surface area (Å²) in [6.07, 6.45) is 4.98. The summed E-state index contributed by atoms with van der Waals surface area (Å²) in [5, 5.41) is 6.56. The number of methoxy groups -OCH3 is 1. The Balaban J connectivity index is 1.82. The van der Waals surface area contributed by atoms with Gasteiger partial charge in [0.15, 0.2) is 0 Å². The molecule has 1 aromatic carbocycles. The molecule has 1 aromatic heterocycles. The molecular weight excluding hydrogens is 276 g/mol. The summed E-state index contributed by atoms with van der Waals surface area (Å²) in [5.41, 5.74) is 1.23. The van der Waals surface area contributed by atoms with E-state index >= 15 is 0 Å². The zero-order valence-electron chi connectivity index (χ0n) is 13.3. The predicted molar refractivity (Wildman–Crippen MR) is 90.6 cm³/mol. The van der Waals surface area contributed by atoms with Crippen molar-refractivity contribution in [2.45, 2.75) is 26.2 Å². The summed E-state index contributed by atoms with van der Waals surface area (Å²) in [6.45, 7) is 3.90. The van der Waals surface area contributed by atoms with Gasteiger partial charge in [0, 0.05) is 19.3 Å². The van der Waals surface area contributed by atoms with Gasteiger partial charge in [-0.1, -0.05) is 25.5 Å². The lowest BCUT2D eigenvalue weighted by Gasteiger charge is -2.08. The molecule has 1 heterocycles. The first kappa shape index (κ1) is 16.1. The monoisotopic (exact) mass is 300 g/mol. The molecule has 0 bridgehead atoms. The average Bonchev–Trinajstić information content (AvgIpc) is 2.56. The third-order valence-electron chi connectivity index (χ3n) is 3.32. The second-order valence-electron chi connectivity index (χ2n) is 5.07. The predicted octanol–water partition coefficient (Wildman–Crippen LogP) is 3.35. The minimum Gasteiger partial charge on any atom is -0.497 e. The molecule has 22 heavy (non-hydrogen) atoms. The molecule has 0 aliphatic rings. The first-order valence-electron chi connectivity index (χ1n) is 7.75. The third kappa shape index (κ3) is 5.24. The Labute approximate surface area is 132 Å². The Hall–Kier alpha value is -2.30. The highest BCUT2D eigenvalue weighted by Gasteiger charge is 2.00. The number of aromatic nitrogens is 2. The molecule has 2 aromatic rings. The van der Waals surface area contributed by atoms with E-state index < -0.39 is 0 Å². The standard InChI is InChI=1S/C17H24N4O/c1-3-4-10-18-16-9-12-20-17(21-16)19-11-8-14-6-5-7-15(13-14)22-2/h5-7,9,12-13H,3-4,8,10-11H2,1-2H3,(H2,18,19,20,21). The van der Waals surface area contributed by atoms with Gasteiger partial charge >= 0.3 is 0 Å². The minimum absolute atomic E-state index is 0.657. The number of hydrogen-bond acceptors (Lipinski definition) is 5. The van der Waals surface area contributed by atoms with Gasteiger partial charge in [-0.2, -0.15) is 4.98 Å². The van der Waals surface area contributed by atoms with Crippen LogP contribution in [0.3, 0.4) is 0 Å². The number of anilines is 2. The Morgan fingerprint density at radius 3 is 2.86 bits per heavy atom. The van der Waals surface area contributed by atoms with Crippen molar-refractivity contribution in [1.82, 2.24) is 9.97 Å². The van der Waals surface area contributed by atoms with E-state index in [1.165, 1.54) is 12.0 Å². The van der Waals surface area contributed by atoms with Crippen molar-refractivity contribution >= 4 is 11.8 Å². The first-order chi connectivity index (χ1) is 10.8. The Morgan fingerprint density at radius 1 is 1.14 bits per heavy atom. The molecule has 2 N–H and O–H groups in total. The molecule has 0 saturated carbocycles. The van der Waals surface area contributed by atoms with Crippen LogP contribution in [0, 0.1) is 0 Å². The topological polar surface area (TPSA) is 59.1 Å². The van der Waals surface area contributed by atoms with E-state index in [0.717, 1.165) is 37.5 Å². The van der Waals surface area contributed by atoms with Crippen molar-refractivity contribution < 1.29 is 4.74 Å². The number of hydrogen-bond donors (Lipinski definition) is 2. The lowest BCUT2D eigenvalue weighted by atomic mass is 10.1. The summed E-state index contributed by atoms with van der Waals surface area (Å²) in [6, 6.07) is 9.98. The smallest absolute Gasteiger partial charge is 0.224 e. The van der Waals surface area contributed by atoms with Gasteiger partial charge in [0.1, 0.15) is 11.6 Å². The Morgan fingerprint density at radius 2 is 2.05 bits per heavy atom. The summed E-state index contributed by atoms with van der Waals surface area (Å²) in [7, 11) is 1.68. The fourth-order valence-corrected chi connectivity index (χ4v) is 2.08. The summed E-state index contributed by atoms with van der Waals surface area (Å²) < 4.78 is 5.23. The zero-order chi connectivity index (χ0) is 15.6. The number of nitrogens with zero attached hydrogens (tertiary/aromatic N) is 2. The fourth-order valence-electron chi connectivity index (χ4n) is 2.08. The molecule has 0 unspecified atom stereocenters. The van der Waals surface area contributed by atoms with Crippen LogP contribution < -0.4 is 15.4 Å². The largest absolute Gasteiger partial charge is 0.497 e. The number of nitrogens with one attached hydrogen (secondary N) is 2. The molecule has 118 valence electrons. The van der Waals surface area contributed by atoms with Crippen LogP contribution in [-0.4, -0.2) is 30.2 Å². The molecule has 0 radical (unpaired) electrons. The van der Waals surface area contributed by atoms with E-state index in [9.17, 15) is 0 Å². The molecule has 0 aliphatic heterocycles. The second kappa shape index (κ2) is 8.87. The summed E-state index contributed by atoms with van der Waals surface area (Å²) in [4.78, 5) is 8.70. The molecule has 2 rings (SSSR count). The minimum atomic E-state index is 0.657. The maximum Gasteiger partial charge on any atom is 0.224 e. The van der Waals surface area contributed by atoms with Crippen LogP contribution in [0.5, 0.6) is 5.75 Å². The van der Waals surface area contributed by atoms with E-state index in [2.05, 4.69) is 33.6 Å². The fraction of sp³-hybridized carbons (Fsp3) is 0.412. The van der Waals surface area contributed by atoms with Crippen LogP contribution in [0.2, 0.25) is 0 Å². The zero-order valence-corrected chi connectivity index (χ0v) is 13.3. The van der Waals surface area contributed by atoms with E-state index in [1.54, 1.807) is 13.3 Å². The van der Waals surface area contributed by atoms with Crippen LogP contribution in [0.15, 0.2) is 36.5 Å². The van der Waals surface area contributed by atoms with Crippen molar-refractivity contribution in [3.63, 3.8) is 0 Å². The maximum absolute atomic E-state index is 5.23. The van der Waals surface area contributed by atoms with Crippen molar-refractivity contribution in [2.75, 3.05) is 30.8 Å². The number of ether oxygens (including phenoxy) is 1. The highest BCUT2D eigenvalue weighted by atomic mass is 16.5. The number of rotatable bonds is 9. The second-order valence-corrected chi connectivity index (χ2v) is 5.07. The van der Waals surface area contributed by atoms with Crippen molar-refractivity contribution in [3.8, 4) is 5.75 Å². The van der Waals surface area contributed by atoms with Gasteiger partial charge < -0.3 is 15.4 Å². The van der Waals surface area contributed by atoms with Gasteiger partial charge in [0.25, 0.3) is 0 Å². The van der Waals surface area contributed by atoms with E-state index in [0.29, 0.717) is 5.95 Å². The van der Waals surface area contributed by atoms with Crippen molar-refractivity contribution in [1.29, 1.82) is 0 Å². The van der Waals surface area contributed by atoms with Crippen LogP contribution >= 0.6 is 0 Å². The van der Waals surface area contributed by atoms with Crippen LogP contribution in [0.4, 0.5) is 11.8 Å². The molecule has 5 heteroatoms.